The molecule has 1 atom stereocenters. The van der Waals surface area contributed by atoms with Crippen LogP contribution in [0.1, 0.15) is 26.4 Å². The van der Waals surface area contributed by atoms with E-state index < -0.39 is 27.4 Å². The average Bonchev–Trinajstić information content (AvgIpc) is 3.17. The molecule has 0 radical (unpaired) electrons. The molecule has 32 heavy (non-hydrogen) atoms. The number of alkyl halides is 1. The predicted octanol–water partition coefficient (Wildman–Crippen LogP) is 0.556. The topological polar surface area (TPSA) is 97.5 Å². The number of methoxy groups -OCH3 is 1. The van der Waals surface area contributed by atoms with Crippen LogP contribution in [0.2, 0.25) is 0 Å². The molecule has 2 bridgehead atoms. The Bertz CT molecular complexity index is 1170. The number of halogens is 2. The van der Waals surface area contributed by atoms with Gasteiger partial charge in [-0.15, -0.1) is 0 Å². The zero-order valence-corrected chi connectivity index (χ0v) is 19.4. The summed E-state index contributed by atoms with van der Waals surface area (Å²) < 4.78 is 31.6. The van der Waals surface area contributed by atoms with E-state index in [0.29, 0.717) is 48.1 Å². The molecular formula is C22H21FIN4O4-. The van der Waals surface area contributed by atoms with Crippen molar-refractivity contribution in [3.05, 3.63) is 53.7 Å². The Morgan fingerprint density at radius 3 is 3.09 bits per heavy atom. The van der Waals surface area contributed by atoms with Gasteiger partial charge in [-0.3, -0.25) is 0 Å². The van der Waals surface area contributed by atoms with Crippen LogP contribution in [0.3, 0.4) is 0 Å². The first kappa shape index (κ1) is 21.0. The van der Waals surface area contributed by atoms with Gasteiger partial charge in [-0.25, -0.2) is 0 Å². The van der Waals surface area contributed by atoms with Gasteiger partial charge in [0.15, 0.2) is 0 Å². The van der Waals surface area contributed by atoms with Crippen LogP contribution in [0, 0.1) is 5.82 Å². The summed E-state index contributed by atoms with van der Waals surface area (Å²) in [6.45, 7) is 1.61. The fourth-order valence-corrected chi connectivity index (χ4v) is 5.95. The van der Waals surface area contributed by atoms with E-state index >= 15 is 0 Å². The normalized spacial score (nSPS) is 18.1. The number of amides is 1. The fraction of sp³-hybridized carbons (Fsp3) is 0.273. The molecule has 2 aromatic heterocycles. The van der Waals surface area contributed by atoms with Gasteiger partial charge in [-0.05, 0) is 0 Å². The Kier molecular flexibility index (Phi) is 5.87. The Morgan fingerprint density at radius 2 is 2.22 bits per heavy atom. The summed E-state index contributed by atoms with van der Waals surface area (Å²) in [7, 11) is 1.41. The number of carbonyl (C=O) groups excluding carboxylic acids is 1. The summed E-state index contributed by atoms with van der Waals surface area (Å²) in [6, 6.07) is 6.46. The summed E-state index contributed by atoms with van der Waals surface area (Å²) in [6.07, 6.45) is 4.09. The molecule has 2 aliphatic heterocycles. The van der Waals surface area contributed by atoms with Crippen LogP contribution < -0.4 is 41.7 Å². The van der Waals surface area contributed by atoms with Crippen molar-refractivity contribution in [2.45, 2.75) is 10.3 Å². The number of nitrogens with zero attached hydrogens (tertiary/aromatic N) is 1. The summed E-state index contributed by atoms with van der Waals surface area (Å²) in [5.74, 6) is -0.0375. The third-order valence-corrected chi connectivity index (χ3v) is 7.77. The molecule has 3 N–H and O–H groups in total. The third kappa shape index (κ3) is 3.77. The minimum atomic E-state index is -0.668. The molecule has 0 spiro atoms. The molecule has 3 aromatic rings. The fourth-order valence-electron chi connectivity index (χ4n) is 3.83. The SMILES string of the molecule is COc1c(F)cccc1Nc1c2[nH]c3c1C(=O)NC[C@H]3[I-]OCCCOc1cnccc1-2. The first-order valence-electron chi connectivity index (χ1n) is 10.1. The molecule has 5 rings (SSSR count). The number of fused-ring (bicyclic) bond motifs is 3. The van der Waals surface area contributed by atoms with Gasteiger partial charge < -0.3 is 0 Å². The quantitative estimate of drug-likeness (QED) is 0.325. The Balaban J connectivity index is 1.73. The number of pyridine rings is 1. The van der Waals surface area contributed by atoms with E-state index in [9.17, 15) is 9.18 Å². The number of carbonyl (C=O) groups is 1. The van der Waals surface area contributed by atoms with Crippen molar-refractivity contribution in [1.82, 2.24) is 15.3 Å². The Labute approximate surface area is 194 Å². The van der Waals surface area contributed by atoms with Crippen molar-refractivity contribution < 1.29 is 43.3 Å². The van der Waals surface area contributed by atoms with E-state index in [-0.39, 0.29) is 15.6 Å². The summed E-state index contributed by atoms with van der Waals surface area (Å²) in [5.41, 5.74) is 3.69. The first-order chi connectivity index (χ1) is 15.7. The number of ether oxygens (including phenoxy) is 2. The van der Waals surface area contributed by atoms with Crippen LogP contribution in [0.15, 0.2) is 36.7 Å². The molecular weight excluding hydrogens is 530 g/mol. The molecule has 0 saturated heterocycles. The number of aromatic amines is 1. The van der Waals surface area contributed by atoms with Gasteiger partial charge in [0.25, 0.3) is 0 Å². The molecule has 10 heteroatoms. The second-order valence-electron chi connectivity index (χ2n) is 7.26. The van der Waals surface area contributed by atoms with Crippen molar-refractivity contribution in [2.75, 3.05) is 32.2 Å². The van der Waals surface area contributed by atoms with Crippen molar-refractivity contribution in [3.8, 4) is 22.8 Å². The van der Waals surface area contributed by atoms with E-state index in [1.807, 2.05) is 6.07 Å². The number of para-hydroxylation sites is 1. The monoisotopic (exact) mass is 551 g/mol. The van der Waals surface area contributed by atoms with Gasteiger partial charge >= 0.3 is 195 Å². The number of aromatic nitrogens is 2. The summed E-state index contributed by atoms with van der Waals surface area (Å²) in [4.78, 5) is 20.7. The van der Waals surface area contributed by atoms with Gasteiger partial charge in [-0.1, -0.05) is 0 Å². The third-order valence-electron chi connectivity index (χ3n) is 5.29. The van der Waals surface area contributed by atoms with Crippen LogP contribution in [0.25, 0.3) is 11.3 Å². The van der Waals surface area contributed by atoms with E-state index in [4.69, 9.17) is 12.5 Å². The Morgan fingerprint density at radius 1 is 1.31 bits per heavy atom. The van der Waals surface area contributed by atoms with Crippen LogP contribution in [-0.4, -0.2) is 42.7 Å². The van der Waals surface area contributed by atoms with Crippen molar-refractivity contribution in [1.29, 1.82) is 0 Å². The van der Waals surface area contributed by atoms with E-state index in [1.54, 1.807) is 24.5 Å². The van der Waals surface area contributed by atoms with Gasteiger partial charge in [0.2, 0.25) is 0 Å². The predicted molar refractivity (Wildman–Crippen MR) is 111 cm³/mol. The molecule has 8 nitrogen and oxygen atoms in total. The average molecular weight is 551 g/mol. The van der Waals surface area contributed by atoms with E-state index in [2.05, 4.69) is 20.6 Å². The maximum absolute atomic E-state index is 14.4. The number of anilines is 2. The summed E-state index contributed by atoms with van der Waals surface area (Å²) >= 11 is -0.668. The van der Waals surface area contributed by atoms with Gasteiger partial charge in [0.1, 0.15) is 0 Å². The van der Waals surface area contributed by atoms with Crippen LogP contribution in [0.5, 0.6) is 11.5 Å². The molecule has 0 unspecified atom stereocenters. The number of hydrogen-bond acceptors (Lipinski definition) is 6. The zero-order chi connectivity index (χ0) is 22.1. The summed E-state index contributed by atoms with van der Waals surface area (Å²) in [5, 5.41) is 6.23. The molecule has 2 aliphatic rings. The zero-order valence-electron chi connectivity index (χ0n) is 17.2. The van der Waals surface area contributed by atoms with Gasteiger partial charge in [-0.2, -0.15) is 0 Å². The van der Waals surface area contributed by atoms with Gasteiger partial charge in [0.05, 0.1) is 0 Å². The molecule has 0 aliphatic carbocycles. The minimum absolute atomic E-state index is 0.0656. The van der Waals surface area contributed by atoms with Crippen LogP contribution >= 0.6 is 0 Å². The van der Waals surface area contributed by atoms with Crippen molar-refractivity contribution >= 4 is 17.3 Å². The standard InChI is InChI=1S/C22H21FIN4O4/c1-30-21-13(23)4-2-5-15(21)27-20-17-19-14(10-26-22(17)29)24-32-9-3-8-31-16-11-25-7-6-12(16)18(20)28-19/h2,4-7,11,14,27-28H,3,8-10H2,1H3,(H,26,29)/q-1/t14-/m1/s1. The molecule has 1 aromatic carbocycles. The molecule has 168 valence electrons. The van der Waals surface area contributed by atoms with E-state index in [0.717, 1.165) is 17.7 Å². The second kappa shape index (κ2) is 8.94. The number of hydrogen-bond donors (Lipinski definition) is 3. The maximum atomic E-state index is 14.4. The molecule has 4 heterocycles. The number of benzene rings is 1. The van der Waals surface area contributed by atoms with Gasteiger partial charge in [0, 0.05) is 0 Å². The van der Waals surface area contributed by atoms with Crippen LogP contribution in [0.4, 0.5) is 15.8 Å². The Hall–Kier alpha value is -2.86. The number of nitrogens with one attached hydrogen (secondary N) is 3. The van der Waals surface area contributed by atoms with Crippen molar-refractivity contribution in [3.63, 3.8) is 0 Å². The molecule has 0 fully saturated rings. The van der Waals surface area contributed by atoms with Crippen LogP contribution in [-0.2, 0) is 3.07 Å². The molecule has 1 amide bonds. The number of H-pyrrole nitrogens is 1. The number of rotatable bonds is 3. The molecule has 0 saturated carbocycles. The first-order valence-corrected chi connectivity index (χ1v) is 12.3. The van der Waals surface area contributed by atoms with E-state index in [1.165, 1.54) is 13.2 Å². The van der Waals surface area contributed by atoms with Crippen molar-refractivity contribution in [2.24, 2.45) is 0 Å². The second-order valence-corrected chi connectivity index (χ2v) is 9.90.